The molecular formula is C14H17F3N2O2. The van der Waals surface area contributed by atoms with E-state index in [1.165, 1.54) is 18.2 Å². The molecule has 2 rings (SSSR count). The number of rotatable bonds is 4. The van der Waals surface area contributed by atoms with Crippen LogP contribution in [0.1, 0.15) is 25.7 Å². The SMILES string of the molecule is O=C(CC1CCCCN1)Nc1cccc(OC(F)(F)F)c1. The van der Waals surface area contributed by atoms with Gasteiger partial charge in [-0.25, -0.2) is 0 Å². The van der Waals surface area contributed by atoms with E-state index in [-0.39, 0.29) is 23.4 Å². The maximum Gasteiger partial charge on any atom is 0.573 e. The maximum absolute atomic E-state index is 12.1. The lowest BCUT2D eigenvalue weighted by Crippen LogP contribution is -2.36. The average molecular weight is 302 g/mol. The zero-order valence-corrected chi connectivity index (χ0v) is 11.4. The Morgan fingerprint density at radius 2 is 2.19 bits per heavy atom. The molecule has 0 radical (unpaired) electrons. The van der Waals surface area contributed by atoms with Gasteiger partial charge in [0.15, 0.2) is 0 Å². The lowest BCUT2D eigenvalue weighted by Gasteiger charge is -2.22. The van der Waals surface area contributed by atoms with E-state index in [0.29, 0.717) is 6.42 Å². The number of halogens is 3. The Balaban J connectivity index is 1.89. The number of alkyl halides is 3. The highest BCUT2D eigenvalue weighted by atomic mass is 19.4. The molecule has 7 heteroatoms. The molecule has 1 atom stereocenters. The highest BCUT2D eigenvalue weighted by Gasteiger charge is 2.31. The van der Waals surface area contributed by atoms with Gasteiger partial charge in [-0.05, 0) is 31.5 Å². The molecule has 0 aliphatic carbocycles. The fraction of sp³-hybridized carbons (Fsp3) is 0.500. The molecule has 1 amide bonds. The quantitative estimate of drug-likeness (QED) is 0.899. The molecule has 21 heavy (non-hydrogen) atoms. The van der Waals surface area contributed by atoms with Gasteiger partial charge in [0.05, 0.1) is 0 Å². The third-order valence-corrected chi connectivity index (χ3v) is 3.20. The molecular weight excluding hydrogens is 285 g/mol. The zero-order chi connectivity index (χ0) is 15.3. The Labute approximate surface area is 120 Å². The average Bonchev–Trinajstić information content (AvgIpc) is 2.38. The summed E-state index contributed by atoms with van der Waals surface area (Å²) in [6, 6.07) is 5.39. The number of hydrogen-bond acceptors (Lipinski definition) is 3. The van der Waals surface area contributed by atoms with Crippen LogP contribution in [-0.4, -0.2) is 24.9 Å². The van der Waals surface area contributed by atoms with E-state index in [2.05, 4.69) is 15.4 Å². The predicted octanol–water partition coefficient (Wildman–Crippen LogP) is 3.06. The van der Waals surface area contributed by atoms with E-state index in [9.17, 15) is 18.0 Å². The second kappa shape index (κ2) is 6.80. The number of hydrogen-bond donors (Lipinski definition) is 2. The topological polar surface area (TPSA) is 50.4 Å². The van der Waals surface area contributed by atoms with Crippen molar-refractivity contribution in [3.8, 4) is 5.75 Å². The minimum Gasteiger partial charge on any atom is -0.406 e. The summed E-state index contributed by atoms with van der Waals surface area (Å²) in [7, 11) is 0. The summed E-state index contributed by atoms with van der Waals surface area (Å²) in [5.41, 5.74) is 0.289. The maximum atomic E-state index is 12.1. The van der Waals surface area contributed by atoms with E-state index < -0.39 is 6.36 Å². The fourth-order valence-electron chi connectivity index (χ4n) is 2.30. The lowest BCUT2D eigenvalue weighted by molar-refractivity contribution is -0.274. The summed E-state index contributed by atoms with van der Waals surface area (Å²) in [5.74, 6) is -0.574. The normalized spacial score (nSPS) is 19.1. The van der Waals surface area contributed by atoms with Crippen molar-refractivity contribution in [2.24, 2.45) is 0 Å². The molecule has 4 nitrogen and oxygen atoms in total. The van der Waals surface area contributed by atoms with Crippen molar-refractivity contribution in [2.75, 3.05) is 11.9 Å². The Morgan fingerprint density at radius 1 is 1.38 bits per heavy atom. The highest BCUT2D eigenvalue weighted by molar-refractivity contribution is 5.91. The third-order valence-electron chi connectivity index (χ3n) is 3.20. The molecule has 1 unspecified atom stereocenters. The number of ether oxygens (including phenoxy) is 1. The molecule has 1 aliphatic heterocycles. The number of nitrogens with one attached hydrogen (secondary N) is 2. The van der Waals surface area contributed by atoms with Gasteiger partial charge in [0.2, 0.25) is 5.91 Å². The van der Waals surface area contributed by atoms with Crippen molar-refractivity contribution < 1.29 is 22.7 Å². The number of benzene rings is 1. The molecule has 0 bridgehead atoms. The van der Waals surface area contributed by atoms with Crippen molar-refractivity contribution >= 4 is 11.6 Å². The van der Waals surface area contributed by atoms with Gasteiger partial charge in [-0.3, -0.25) is 4.79 Å². The first kappa shape index (κ1) is 15.6. The largest absolute Gasteiger partial charge is 0.573 e. The summed E-state index contributed by atoms with van der Waals surface area (Å²) >= 11 is 0. The van der Waals surface area contributed by atoms with Crippen LogP contribution in [-0.2, 0) is 4.79 Å². The molecule has 1 aliphatic rings. The van der Waals surface area contributed by atoms with Crippen molar-refractivity contribution in [2.45, 2.75) is 38.1 Å². The standard InChI is InChI=1S/C14H17F3N2O2/c15-14(16,17)21-12-6-3-5-11(8-12)19-13(20)9-10-4-1-2-7-18-10/h3,5-6,8,10,18H,1-2,4,7,9H2,(H,19,20). The van der Waals surface area contributed by atoms with Gasteiger partial charge in [0.25, 0.3) is 0 Å². The predicted molar refractivity (Wildman–Crippen MR) is 72.0 cm³/mol. The summed E-state index contributed by atoms with van der Waals surface area (Å²) in [6.45, 7) is 0.896. The van der Waals surface area contributed by atoms with Gasteiger partial charge in [0, 0.05) is 24.2 Å². The van der Waals surface area contributed by atoms with E-state index in [4.69, 9.17) is 0 Å². The first-order valence-electron chi connectivity index (χ1n) is 6.81. The van der Waals surface area contributed by atoms with Crippen molar-refractivity contribution in [1.29, 1.82) is 0 Å². The molecule has 1 saturated heterocycles. The molecule has 1 aromatic carbocycles. The summed E-state index contributed by atoms with van der Waals surface area (Å²) in [6.07, 6.45) is -1.31. The Bertz CT molecular complexity index is 485. The second-order valence-electron chi connectivity index (χ2n) is 4.97. The van der Waals surface area contributed by atoms with Crippen LogP contribution in [0.2, 0.25) is 0 Å². The molecule has 2 N–H and O–H groups in total. The first-order chi connectivity index (χ1) is 9.92. The molecule has 1 heterocycles. The third kappa shape index (κ3) is 5.63. The number of anilines is 1. The highest BCUT2D eigenvalue weighted by Crippen LogP contribution is 2.25. The lowest BCUT2D eigenvalue weighted by atomic mass is 10.0. The molecule has 1 aromatic rings. The first-order valence-corrected chi connectivity index (χ1v) is 6.81. The van der Waals surface area contributed by atoms with E-state index >= 15 is 0 Å². The van der Waals surface area contributed by atoms with Gasteiger partial charge < -0.3 is 15.4 Å². The van der Waals surface area contributed by atoms with E-state index in [0.717, 1.165) is 31.9 Å². The van der Waals surface area contributed by atoms with Gasteiger partial charge in [-0.1, -0.05) is 12.5 Å². The van der Waals surface area contributed by atoms with Crippen molar-refractivity contribution in [1.82, 2.24) is 5.32 Å². The summed E-state index contributed by atoms with van der Waals surface area (Å²) < 4.78 is 40.2. The fourth-order valence-corrected chi connectivity index (χ4v) is 2.30. The monoisotopic (exact) mass is 302 g/mol. The molecule has 1 fully saturated rings. The Kier molecular flexibility index (Phi) is 5.06. The minimum absolute atomic E-state index is 0.133. The smallest absolute Gasteiger partial charge is 0.406 e. The van der Waals surface area contributed by atoms with Crippen LogP contribution in [0.5, 0.6) is 5.75 Å². The van der Waals surface area contributed by atoms with E-state index in [1.807, 2.05) is 0 Å². The zero-order valence-electron chi connectivity index (χ0n) is 11.4. The van der Waals surface area contributed by atoms with Crippen LogP contribution in [0.15, 0.2) is 24.3 Å². The Morgan fingerprint density at radius 3 is 2.86 bits per heavy atom. The number of carbonyl (C=O) groups is 1. The van der Waals surface area contributed by atoms with Crippen LogP contribution < -0.4 is 15.4 Å². The van der Waals surface area contributed by atoms with Gasteiger partial charge >= 0.3 is 6.36 Å². The van der Waals surface area contributed by atoms with Crippen LogP contribution in [0.25, 0.3) is 0 Å². The van der Waals surface area contributed by atoms with Gasteiger partial charge in [0.1, 0.15) is 5.75 Å². The molecule has 116 valence electrons. The second-order valence-corrected chi connectivity index (χ2v) is 4.97. The van der Waals surface area contributed by atoms with Crippen LogP contribution >= 0.6 is 0 Å². The van der Waals surface area contributed by atoms with Crippen molar-refractivity contribution in [3.63, 3.8) is 0 Å². The number of piperidine rings is 1. The summed E-state index contributed by atoms with van der Waals surface area (Å²) in [4.78, 5) is 11.9. The Hall–Kier alpha value is -1.76. The molecule has 0 spiro atoms. The number of amides is 1. The molecule has 0 aromatic heterocycles. The summed E-state index contributed by atoms with van der Waals surface area (Å²) in [5, 5.41) is 5.83. The molecule has 0 saturated carbocycles. The van der Waals surface area contributed by atoms with Crippen LogP contribution in [0, 0.1) is 0 Å². The van der Waals surface area contributed by atoms with E-state index in [1.54, 1.807) is 0 Å². The van der Waals surface area contributed by atoms with Crippen LogP contribution in [0.4, 0.5) is 18.9 Å². The van der Waals surface area contributed by atoms with Crippen LogP contribution in [0.3, 0.4) is 0 Å². The minimum atomic E-state index is -4.74. The van der Waals surface area contributed by atoms with Crippen molar-refractivity contribution in [3.05, 3.63) is 24.3 Å². The van der Waals surface area contributed by atoms with Gasteiger partial charge in [-0.15, -0.1) is 13.2 Å². The number of carbonyl (C=O) groups excluding carboxylic acids is 1. The van der Waals surface area contributed by atoms with Gasteiger partial charge in [-0.2, -0.15) is 0 Å².